The van der Waals surface area contributed by atoms with Crippen LogP contribution in [0.2, 0.25) is 0 Å². The number of anilines is 2. The van der Waals surface area contributed by atoms with E-state index in [1.807, 2.05) is 19.1 Å². The number of aromatic nitrogens is 2. The van der Waals surface area contributed by atoms with Crippen LogP contribution in [-0.4, -0.2) is 47.2 Å². The number of amides is 3. The maximum Gasteiger partial charge on any atom is 0.230 e. The molecule has 0 spiro atoms. The third-order valence-corrected chi connectivity index (χ3v) is 5.97. The first kappa shape index (κ1) is 22.8. The van der Waals surface area contributed by atoms with Crippen LogP contribution in [-0.2, 0) is 14.4 Å². The molecule has 0 bridgehead atoms. The van der Waals surface area contributed by atoms with Gasteiger partial charge in [-0.2, -0.15) is 5.10 Å². The molecule has 3 amide bonds. The first-order chi connectivity index (χ1) is 15.9. The second-order valence-electron chi connectivity index (χ2n) is 8.54. The van der Waals surface area contributed by atoms with E-state index in [2.05, 4.69) is 28.0 Å². The molecular weight excluding hydrogens is 424 g/mol. The Balaban J connectivity index is 1.47. The number of nitrogens with zero attached hydrogens (tertiary/aromatic N) is 3. The molecular formula is C23H30N6O4. The molecule has 4 rings (SSSR count). The molecule has 0 saturated carbocycles. The van der Waals surface area contributed by atoms with E-state index < -0.39 is 12.2 Å². The number of carbonyl (C=O) groups excluding carboxylic acids is 3. The first-order valence-electron chi connectivity index (χ1n) is 11.2. The highest BCUT2D eigenvalue weighted by Gasteiger charge is 2.36. The predicted molar refractivity (Wildman–Crippen MR) is 123 cm³/mol. The number of hydrogen-bond donors (Lipinski definition) is 3. The molecule has 2 aliphatic heterocycles. The fraction of sp³-hybridized carbons (Fsp3) is 0.478. The summed E-state index contributed by atoms with van der Waals surface area (Å²) in [4.78, 5) is 39.5. The number of carbonyl (C=O) groups is 3. The van der Waals surface area contributed by atoms with Crippen molar-refractivity contribution in [3.63, 3.8) is 0 Å². The Morgan fingerprint density at radius 3 is 2.85 bits per heavy atom. The van der Waals surface area contributed by atoms with Crippen molar-refractivity contribution in [2.45, 2.75) is 51.9 Å². The van der Waals surface area contributed by atoms with Gasteiger partial charge in [0.2, 0.25) is 17.7 Å². The van der Waals surface area contributed by atoms with Crippen LogP contribution in [0.3, 0.4) is 0 Å². The lowest BCUT2D eigenvalue weighted by Crippen LogP contribution is -2.53. The number of benzene rings is 1. The van der Waals surface area contributed by atoms with Crippen molar-refractivity contribution in [3.05, 3.63) is 36.0 Å². The summed E-state index contributed by atoms with van der Waals surface area (Å²) in [5, 5.41) is 13.7. The summed E-state index contributed by atoms with van der Waals surface area (Å²) >= 11 is 0. The van der Waals surface area contributed by atoms with Crippen molar-refractivity contribution < 1.29 is 19.1 Å². The monoisotopic (exact) mass is 454 g/mol. The topological polar surface area (TPSA) is 118 Å². The Morgan fingerprint density at radius 2 is 2.09 bits per heavy atom. The number of nitrogens with one attached hydrogen (secondary N) is 3. The number of methoxy groups -OCH3 is 1. The van der Waals surface area contributed by atoms with Crippen LogP contribution in [0, 0.1) is 12.8 Å². The molecule has 10 heteroatoms. The van der Waals surface area contributed by atoms with Gasteiger partial charge in [0.15, 0.2) is 6.29 Å². The van der Waals surface area contributed by atoms with Gasteiger partial charge in [-0.1, -0.05) is 19.4 Å². The van der Waals surface area contributed by atoms with E-state index in [4.69, 9.17) is 4.74 Å². The van der Waals surface area contributed by atoms with Gasteiger partial charge in [0, 0.05) is 43.2 Å². The average molecular weight is 455 g/mol. The van der Waals surface area contributed by atoms with Gasteiger partial charge in [0.05, 0.1) is 18.7 Å². The zero-order chi connectivity index (χ0) is 23.5. The van der Waals surface area contributed by atoms with Crippen LogP contribution in [0.25, 0.3) is 0 Å². The van der Waals surface area contributed by atoms with E-state index in [1.54, 1.807) is 34.9 Å². The molecule has 176 valence electrons. The van der Waals surface area contributed by atoms with Gasteiger partial charge in [-0.05, 0) is 25.5 Å². The number of ether oxygens (including phenoxy) is 1. The van der Waals surface area contributed by atoms with Gasteiger partial charge < -0.3 is 20.3 Å². The van der Waals surface area contributed by atoms with Crippen molar-refractivity contribution >= 4 is 29.2 Å². The fourth-order valence-corrected chi connectivity index (χ4v) is 4.37. The SMILES string of the molecule is CCCC1CC(=O)NC(n2nc(C)cc2NC(=O)C2CC(=O)N(c3cccc(OC)c3)C2)N1. The van der Waals surface area contributed by atoms with Crippen LogP contribution in [0.5, 0.6) is 5.75 Å². The van der Waals surface area contributed by atoms with E-state index in [0.717, 1.165) is 12.8 Å². The quantitative estimate of drug-likeness (QED) is 0.589. The average Bonchev–Trinajstić information content (AvgIpc) is 3.36. The standard InChI is InChI=1S/C23H30N6O4/c1-4-6-16-11-20(30)26-23(24-16)29-19(9-14(2)27-29)25-22(32)15-10-21(31)28(13-15)17-7-5-8-18(12-17)33-3/h5,7-9,12,15-16,23-24H,4,6,10-11,13H2,1-3H3,(H,25,32)(H,26,30). The molecule has 0 aliphatic carbocycles. The van der Waals surface area contributed by atoms with Crippen LogP contribution in [0.4, 0.5) is 11.5 Å². The summed E-state index contributed by atoms with van der Waals surface area (Å²) in [6, 6.07) is 9.02. The number of aryl methyl sites for hydroxylation is 1. The second-order valence-corrected chi connectivity index (χ2v) is 8.54. The lowest BCUT2D eigenvalue weighted by atomic mass is 10.1. The summed E-state index contributed by atoms with van der Waals surface area (Å²) in [6.07, 6.45) is 1.81. The van der Waals surface area contributed by atoms with Crippen molar-refractivity contribution in [1.82, 2.24) is 20.4 Å². The maximum atomic E-state index is 13.1. The molecule has 0 radical (unpaired) electrons. The molecule has 2 saturated heterocycles. The fourth-order valence-electron chi connectivity index (χ4n) is 4.37. The second kappa shape index (κ2) is 9.62. The van der Waals surface area contributed by atoms with E-state index in [1.165, 1.54) is 0 Å². The van der Waals surface area contributed by atoms with E-state index in [9.17, 15) is 14.4 Å². The summed E-state index contributed by atoms with van der Waals surface area (Å²) < 4.78 is 6.83. The molecule has 33 heavy (non-hydrogen) atoms. The third-order valence-electron chi connectivity index (χ3n) is 5.97. The Labute approximate surface area is 192 Å². The largest absolute Gasteiger partial charge is 0.497 e. The van der Waals surface area contributed by atoms with Gasteiger partial charge in [-0.3, -0.25) is 19.7 Å². The van der Waals surface area contributed by atoms with Gasteiger partial charge in [-0.25, -0.2) is 4.68 Å². The molecule has 2 fully saturated rings. The van der Waals surface area contributed by atoms with E-state index >= 15 is 0 Å². The van der Waals surface area contributed by atoms with Gasteiger partial charge >= 0.3 is 0 Å². The predicted octanol–water partition coefficient (Wildman–Crippen LogP) is 1.93. The van der Waals surface area contributed by atoms with E-state index in [0.29, 0.717) is 29.4 Å². The minimum absolute atomic E-state index is 0.0469. The Morgan fingerprint density at radius 1 is 1.27 bits per heavy atom. The lowest BCUT2D eigenvalue weighted by Gasteiger charge is -2.32. The highest BCUT2D eigenvalue weighted by molar-refractivity contribution is 6.03. The lowest BCUT2D eigenvalue weighted by molar-refractivity contribution is -0.125. The summed E-state index contributed by atoms with van der Waals surface area (Å²) in [7, 11) is 1.57. The molecule has 3 atom stereocenters. The highest BCUT2D eigenvalue weighted by Crippen LogP contribution is 2.29. The normalized spacial score (nSPS) is 22.9. The summed E-state index contributed by atoms with van der Waals surface area (Å²) in [5.74, 6) is 0.182. The Kier molecular flexibility index (Phi) is 6.64. The minimum atomic E-state index is -0.551. The van der Waals surface area contributed by atoms with Crippen LogP contribution >= 0.6 is 0 Å². The third kappa shape index (κ3) is 5.00. The maximum absolute atomic E-state index is 13.1. The zero-order valence-electron chi connectivity index (χ0n) is 19.1. The minimum Gasteiger partial charge on any atom is -0.497 e. The molecule has 3 heterocycles. The number of rotatable bonds is 7. The molecule has 10 nitrogen and oxygen atoms in total. The Hall–Kier alpha value is -3.40. The van der Waals surface area contributed by atoms with Crippen molar-refractivity contribution in [2.75, 3.05) is 23.9 Å². The smallest absolute Gasteiger partial charge is 0.230 e. The molecule has 2 aromatic rings. The van der Waals surface area contributed by atoms with Gasteiger partial charge in [0.1, 0.15) is 11.6 Å². The molecule has 1 aromatic heterocycles. The van der Waals surface area contributed by atoms with E-state index in [-0.39, 0.29) is 36.7 Å². The first-order valence-corrected chi connectivity index (χ1v) is 11.2. The molecule has 2 aliphatic rings. The highest BCUT2D eigenvalue weighted by atomic mass is 16.5. The Bertz CT molecular complexity index is 1050. The van der Waals surface area contributed by atoms with Crippen LogP contribution in [0.15, 0.2) is 30.3 Å². The van der Waals surface area contributed by atoms with Crippen molar-refractivity contribution in [1.29, 1.82) is 0 Å². The summed E-state index contributed by atoms with van der Waals surface area (Å²) in [6.45, 7) is 4.18. The summed E-state index contributed by atoms with van der Waals surface area (Å²) in [5.41, 5.74) is 1.41. The van der Waals surface area contributed by atoms with Crippen LogP contribution in [0.1, 0.15) is 44.6 Å². The molecule has 1 aromatic carbocycles. The zero-order valence-corrected chi connectivity index (χ0v) is 19.1. The van der Waals surface area contributed by atoms with Gasteiger partial charge in [0.25, 0.3) is 0 Å². The number of hydrogen-bond acceptors (Lipinski definition) is 6. The van der Waals surface area contributed by atoms with Crippen molar-refractivity contribution in [3.8, 4) is 5.75 Å². The van der Waals surface area contributed by atoms with Crippen LogP contribution < -0.4 is 25.6 Å². The molecule has 3 N–H and O–H groups in total. The van der Waals surface area contributed by atoms with Crippen molar-refractivity contribution in [2.24, 2.45) is 5.92 Å². The van der Waals surface area contributed by atoms with Gasteiger partial charge in [-0.15, -0.1) is 0 Å². The molecule has 3 unspecified atom stereocenters.